The third kappa shape index (κ3) is 8.25. The molecule has 1 aliphatic heterocycles. The van der Waals surface area contributed by atoms with Crippen molar-refractivity contribution in [2.24, 2.45) is 0 Å². The van der Waals surface area contributed by atoms with Gasteiger partial charge in [0.15, 0.2) is 0 Å². The van der Waals surface area contributed by atoms with Crippen LogP contribution in [-0.4, -0.2) is 69.5 Å². The molecule has 5 aromatic rings. The predicted molar refractivity (Wildman–Crippen MR) is 196 cm³/mol. The van der Waals surface area contributed by atoms with E-state index in [2.05, 4.69) is 16.0 Å². The number of ether oxygens (including phenoxy) is 2. The number of carbonyl (C=O) groups is 2. The van der Waals surface area contributed by atoms with E-state index in [1.165, 1.54) is 0 Å². The third-order valence-corrected chi connectivity index (χ3v) is 9.21. The first-order valence-electron chi connectivity index (χ1n) is 17.5. The molecule has 1 N–H and O–H groups in total. The summed E-state index contributed by atoms with van der Waals surface area (Å²) in [7, 11) is 1.71. The van der Waals surface area contributed by atoms with Gasteiger partial charge in [0.2, 0.25) is 5.91 Å². The molecule has 1 fully saturated rings. The van der Waals surface area contributed by atoms with Crippen molar-refractivity contribution in [1.82, 2.24) is 24.3 Å². The molecule has 0 spiro atoms. The lowest BCUT2D eigenvalue weighted by molar-refractivity contribution is -0.133. The molecule has 2 amide bonds. The Hall–Kier alpha value is -4.96. The van der Waals surface area contributed by atoms with E-state index in [0.717, 1.165) is 59.3 Å². The van der Waals surface area contributed by atoms with Gasteiger partial charge in [0.1, 0.15) is 11.4 Å². The Bertz CT molecular complexity index is 2010. The van der Waals surface area contributed by atoms with E-state index in [-0.39, 0.29) is 23.8 Å². The third-order valence-electron chi connectivity index (χ3n) is 9.21. The number of alkyl carbamates (subject to hydrolysis) is 1. The molecule has 0 unspecified atom stereocenters. The molecule has 0 radical (unpaired) electrons. The molecule has 0 saturated carbocycles. The van der Waals surface area contributed by atoms with Crippen molar-refractivity contribution in [2.45, 2.75) is 77.0 Å². The second-order valence-electron chi connectivity index (χ2n) is 14.1. The number of likely N-dealkylation sites (tertiary alicyclic amines) is 1. The van der Waals surface area contributed by atoms with Gasteiger partial charge in [-0.15, -0.1) is 0 Å². The van der Waals surface area contributed by atoms with Crippen LogP contribution < -0.4 is 10.9 Å². The molecule has 3 aromatic carbocycles. The lowest BCUT2D eigenvalue weighted by Crippen LogP contribution is -2.46. The van der Waals surface area contributed by atoms with Crippen LogP contribution >= 0.6 is 0 Å². The van der Waals surface area contributed by atoms with Crippen molar-refractivity contribution in [3.05, 3.63) is 107 Å². The zero-order valence-corrected chi connectivity index (χ0v) is 29.4. The minimum Gasteiger partial charge on any atom is -0.444 e. The van der Waals surface area contributed by atoms with Crippen LogP contribution in [0, 0.1) is 0 Å². The number of aromatic nitrogens is 3. The summed E-state index contributed by atoms with van der Waals surface area (Å²) in [5.74, 6) is 1.09. The number of hydrogen-bond donors (Lipinski definition) is 1. The summed E-state index contributed by atoms with van der Waals surface area (Å²) in [4.78, 5) is 47.0. The molecule has 1 saturated heterocycles. The first-order chi connectivity index (χ1) is 24.1. The van der Waals surface area contributed by atoms with E-state index < -0.39 is 17.7 Å². The molecule has 10 heteroatoms. The molecule has 2 atom stereocenters. The lowest BCUT2D eigenvalue weighted by atomic mass is 9.95. The number of para-hydroxylation sites is 2. The first kappa shape index (κ1) is 34.9. The van der Waals surface area contributed by atoms with Gasteiger partial charge < -0.3 is 24.3 Å². The van der Waals surface area contributed by atoms with Gasteiger partial charge in [0, 0.05) is 69.0 Å². The molecule has 3 heterocycles. The number of pyridine rings is 1. The van der Waals surface area contributed by atoms with Gasteiger partial charge in [0.25, 0.3) is 5.56 Å². The van der Waals surface area contributed by atoms with Crippen LogP contribution in [0.2, 0.25) is 0 Å². The molecule has 2 aromatic heterocycles. The minimum absolute atomic E-state index is 0.0165. The Kier molecular flexibility index (Phi) is 10.7. The first-order valence-corrected chi connectivity index (χ1v) is 17.5. The fourth-order valence-electron chi connectivity index (χ4n) is 6.88. The Morgan fingerprint density at radius 1 is 1.00 bits per heavy atom. The standard InChI is InChI=1S/C40H47N5O5/c1-40(2,3)50-39(48)41-31(25-28-16-18-32(19-17-28)44-23-20-29-11-5-6-13-33(29)38(44)47)26-36(46)43-21-9-12-30(27-43)37-42-34-14-7-8-15-35(34)45(37)22-10-24-49-4/h5-8,11,13-20,23,30-31H,9-10,12,21-22,24-27H2,1-4H3,(H,41,48)/t30-,31-/m1/s1. The number of aryl methyl sites for hydroxylation is 1. The summed E-state index contributed by atoms with van der Waals surface area (Å²) in [6, 6.07) is 24.8. The number of fused-ring (bicyclic) bond motifs is 2. The van der Waals surface area contributed by atoms with Crippen LogP contribution in [-0.2, 0) is 27.2 Å². The van der Waals surface area contributed by atoms with E-state index in [1.807, 2.05) is 98.5 Å². The average molecular weight is 678 g/mol. The summed E-state index contributed by atoms with van der Waals surface area (Å²) in [5, 5.41) is 4.52. The van der Waals surface area contributed by atoms with Gasteiger partial charge in [-0.1, -0.05) is 42.5 Å². The SMILES string of the molecule is COCCCn1c([C@@H]2CCCN(C(=O)C[C@@H](Cc3ccc(-n4ccc5ccccc5c4=O)cc3)NC(=O)OC(C)(C)C)C2)nc2ccccc21. The number of rotatable bonds is 11. The number of piperidine rings is 1. The van der Waals surface area contributed by atoms with Crippen LogP contribution in [0.1, 0.15) is 63.8 Å². The van der Waals surface area contributed by atoms with Crippen LogP contribution in [0.25, 0.3) is 27.5 Å². The number of methoxy groups -OCH3 is 1. The maximum absolute atomic E-state index is 13.9. The van der Waals surface area contributed by atoms with Gasteiger partial charge in [-0.25, -0.2) is 9.78 Å². The lowest BCUT2D eigenvalue weighted by Gasteiger charge is -2.34. The van der Waals surface area contributed by atoms with Gasteiger partial charge in [-0.3, -0.25) is 14.2 Å². The minimum atomic E-state index is -0.678. The number of nitrogens with one attached hydrogen (secondary N) is 1. The van der Waals surface area contributed by atoms with E-state index in [4.69, 9.17) is 14.5 Å². The smallest absolute Gasteiger partial charge is 0.407 e. The zero-order chi connectivity index (χ0) is 35.3. The van der Waals surface area contributed by atoms with Crippen LogP contribution in [0.4, 0.5) is 4.79 Å². The number of imidazole rings is 1. The number of amides is 2. The Morgan fingerprint density at radius 3 is 2.54 bits per heavy atom. The van der Waals surface area contributed by atoms with Gasteiger partial charge in [0.05, 0.1) is 11.0 Å². The highest BCUT2D eigenvalue weighted by atomic mass is 16.6. The summed E-state index contributed by atoms with van der Waals surface area (Å²) in [6.45, 7) is 8.14. The fourth-order valence-corrected chi connectivity index (χ4v) is 6.88. The highest BCUT2D eigenvalue weighted by molar-refractivity contribution is 5.81. The monoisotopic (exact) mass is 677 g/mol. The highest BCUT2D eigenvalue weighted by Gasteiger charge is 2.30. The van der Waals surface area contributed by atoms with E-state index >= 15 is 0 Å². The van der Waals surface area contributed by atoms with Crippen molar-refractivity contribution >= 4 is 33.8 Å². The van der Waals surface area contributed by atoms with Gasteiger partial charge in [-0.2, -0.15) is 0 Å². The van der Waals surface area contributed by atoms with Crippen molar-refractivity contribution < 1.29 is 19.1 Å². The highest BCUT2D eigenvalue weighted by Crippen LogP contribution is 2.30. The van der Waals surface area contributed by atoms with Crippen molar-refractivity contribution in [2.75, 3.05) is 26.8 Å². The number of benzene rings is 3. The summed E-state index contributed by atoms with van der Waals surface area (Å²) < 4.78 is 14.8. The van der Waals surface area contributed by atoms with Crippen LogP contribution in [0.15, 0.2) is 89.9 Å². The maximum Gasteiger partial charge on any atom is 0.407 e. The van der Waals surface area contributed by atoms with Gasteiger partial charge >= 0.3 is 6.09 Å². The molecule has 1 aliphatic rings. The van der Waals surface area contributed by atoms with Crippen molar-refractivity contribution in [1.29, 1.82) is 0 Å². The van der Waals surface area contributed by atoms with E-state index in [0.29, 0.717) is 31.5 Å². The Morgan fingerprint density at radius 2 is 1.76 bits per heavy atom. The predicted octanol–water partition coefficient (Wildman–Crippen LogP) is 6.61. The topological polar surface area (TPSA) is 108 Å². The second kappa shape index (κ2) is 15.3. The molecule has 262 valence electrons. The summed E-state index contributed by atoms with van der Waals surface area (Å²) in [6.07, 6.45) is 4.47. The normalized spacial score (nSPS) is 15.7. The largest absolute Gasteiger partial charge is 0.444 e. The quantitative estimate of drug-likeness (QED) is 0.158. The molecule has 6 rings (SSSR count). The van der Waals surface area contributed by atoms with Crippen molar-refractivity contribution in [3.8, 4) is 5.69 Å². The number of hydrogen-bond acceptors (Lipinski definition) is 6. The number of carbonyl (C=O) groups excluding carboxylic acids is 2. The molecular weight excluding hydrogens is 630 g/mol. The molecule has 0 bridgehead atoms. The van der Waals surface area contributed by atoms with Crippen molar-refractivity contribution in [3.63, 3.8) is 0 Å². The molecule has 10 nitrogen and oxygen atoms in total. The second-order valence-corrected chi connectivity index (χ2v) is 14.1. The molecular formula is C40H47N5O5. The summed E-state index contributed by atoms with van der Waals surface area (Å²) in [5.41, 5.74) is 2.96. The Labute approximate surface area is 293 Å². The Balaban J connectivity index is 1.18. The zero-order valence-electron chi connectivity index (χ0n) is 29.4. The fraction of sp³-hybridized carbons (Fsp3) is 0.400. The van der Waals surface area contributed by atoms with Crippen LogP contribution in [0.3, 0.4) is 0 Å². The van der Waals surface area contributed by atoms with Gasteiger partial charge in [-0.05, 0) is 93.8 Å². The van der Waals surface area contributed by atoms with E-state index in [1.54, 1.807) is 17.9 Å². The number of nitrogens with zero attached hydrogens (tertiary/aromatic N) is 4. The maximum atomic E-state index is 13.9. The summed E-state index contributed by atoms with van der Waals surface area (Å²) >= 11 is 0. The average Bonchev–Trinajstić information content (AvgIpc) is 3.47. The van der Waals surface area contributed by atoms with Crippen LogP contribution in [0.5, 0.6) is 0 Å². The molecule has 50 heavy (non-hydrogen) atoms. The van der Waals surface area contributed by atoms with E-state index in [9.17, 15) is 14.4 Å². The molecule has 0 aliphatic carbocycles.